The van der Waals surface area contributed by atoms with Gasteiger partial charge in [0.25, 0.3) is 5.69 Å². The molecule has 9 heteroatoms. The van der Waals surface area contributed by atoms with Gasteiger partial charge in [-0.25, -0.2) is 0 Å². The molecule has 1 unspecified atom stereocenters. The Bertz CT molecular complexity index is 1090. The number of nitrogens with one attached hydrogen (secondary N) is 2. The highest BCUT2D eigenvalue weighted by Crippen LogP contribution is 2.28. The summed E-state index contributed by atoms with van der Waals surface area (Å²) in [5.41, 5.74) is 2.34. The van der Waals surface area contributed by atoms with Crippen molar-refractivity contribution in [3.63, 3.8) is 0 Å². The van der Waals surface area contributed by atoms with E-state index in [4.69, 9.17) is 0 Å². The van der Waals surface area contributed by atoms with E-state index in [1.807, 2.05) is 61.1 Å². The average molecular weight is 409 g/mol. The molecule has 2 amide bonds. The molecule has 1 heterocycles. The van der Waals surface area contributed by atoms with Gasteiger partial charge in [-0.15, -0.1) is 0 Å². The lowest BCUT2D eigenvalue weighted by molar-refractivity contribution is -0.384. The summed E-state index contributed by atoms with van der Waals surface area (Å²) in [4.78, 5) is 36.6. The van der Waals surface area contributed by atoms with E-state index >= 15 is 0 Å². The Morgan fingerprint density at radius 2 is 1.77 bits per heavy atom. The SMILES string of the molecule is CN(C)C(CNC(=O)C(=O)Nc1ccc([N+](=O)[O-])cc1)c1cn(C)c2ccccc12. The number of benzene rings is 2. The van der Waals surface area contributed by atoms with E-state index in [9.17, 15) is 19.7 Å². The van der Waals surface area contributed by atoms with E-state index in [1.54, 1.807) is 0 Å². The van der Waals surface area contributed by atoms with E-state index in [0.717, 1.165) is 16.5 Å². The lowest BCUT2D eigenvalue weighted by atomic mass is 10.0. The summed E-state index contributed by atoms with van der Waals surface area (Å²) in [6, 6.07) is 13.1. The molecule has 0 spiro atoms. The van der Waals surface area contributed by atoms with Gasteiger partial charge >= 0.3 is 11.8 Å². The lowest BCUT2D eigenvalue weighted by Crippen LogP contribution is -2.40. The summed E-state index contributed by atoms with van der Waals surface area (Å²) in [6.45, 7) is 0.244. The second-order valence-corrected chi connectivity index (χ2v) is 7.16. The Morgan fingerprint density at radius 1 is 1.10 bits per heavy atom. The molecule has 1 atom stereocenters. The van der Waals surface area contributed by atoms with Crippen LogP contribution in [0.4, 0.5) is 11.4 Å². The van der Waals surface area contributed by atoms with Crippen molar-refractivity contribution in [2.45, 2.75) is 6.04 Å². The molecular formula is C21H23N5O4. The molecule has 0 saturated heterocycles. The van der Waals surface area contributed by atoms with E-state index in [0.29, 0.717) is 5.69 Å². The van der Waals surface area contributed by atoms with Gasteiger partial charge < -0.3 is 20.1 Å². The van der Waals surface area contributed by atoms with Crippen LogP contribution in [0.2, 0.25) is 0 Å². The minimum Gasteiger partial charge on any atom is -0.350 e. The number of hydrogen-bond donors (Lipinski definition) is 2. The number of anilines is 1. The standard InChI is InChI=1S/C21H23N5O4/c1-24(2)19(17-13-25(3)18-7-5-4-6-16(17)18)12-22-20(27)21(28)23-14-8-10-15(11-9-14)26(29)30/h4-11,13,19H,12H2,1-3H3,(H,22,27)(H,23,28). The quantitative estimate of drug-likeness (QED) is 0.369. The van der Waals surface area contributed by atoms with E-state index in [1.165, 1.54) is 24.3 Å². The molecule has 2 aromatic carbocycles. The van der Waals surface area contributed by atoms with Crippen LogP contribution in [0.1, 0.15) is 11.6 Å². The van der Waals surface area contributed by atoms with Crippen LogP contribution in [0.5, 0.6) is 0 Å². The predicted octanol–water partition coefficient (Wildman–Crippen LogP) is 2.44. The van der Waals surface area contributed by atoms with Crippen LogP contribution in [0.15, 0.2) is 54.7 Å². The third-order valence-corrected chi connectivity index (χ3v) is 4.91. The highest BCUT2D eigenvalue weighted by Gasteiger charge is 2.22. The summed E-state index contributed by atoms with van der Waals surface area (Å²) in [5.74, 6) is -1.61. The third-order valence-electron chi connectivity index (χ3n) is 4.91. The molecule has 0 bridgehead atoms. The van der Waals surface area contributed by atoms with Gasteiger partial charge in [0.2, 0.25) is 0 Å². The molecule has 0 aliphatic carbocycles. The molecule has 30 heavy (non-hydrogen) atoms. The van der Waals surface area contributed by atoms with Crippen LogP contribution >= 0.6 is 0 Å². The van der Waals surface area contributed by atoms with E-state index in [-0.39, 0.29) is 18.3 Å². The number of likely N-dealkylation sites (N-methyl/N-ethyl adjacent to an activating group) is 1. The number of nitrogens with zero attached hydrogens (tertiary/aromatic N) is 3. The Hall–Kier alpha value is -3.72. The summed E-state index contributed by atoms with van der Waals surface area (Å²) < 4.78 is 2.03. The fraction of sp³-hybridized carbons (Fsp3) is 0.238. The first-order valence-electron chi connectivity index (χ1n) is 9.32. The van der Waals surface area contributed by atoms with Crippen LogP contribution in [-0.4, -0.2) is 46.8 Å². The van der Waals surface area contributed by atoms with Crippen molar-refractivity contribution in [1.82, 2.24) is 14.8 Å². The van der Waals surface area contributed by atoms with Crippen molar-refractivity contribution in [1.29, 1.82) is 0 Å². The number of non-ortho nitro benzene ring substituents is 1. The second kappa shape index (κ2) is 8.75. The van der Waals surface area contributed by atoms with Crippen LogP contribution in [0.3, 0.4) is 0 Å². The van der Waals surface area contributed by atoms with Crippen molar-refractivity contribution in [3.8, 4) is 0 Å². The molecule has 3 rings (SSSR count). The molecular weight excluding hydrogens is 386 g/mol. The second-order valence-electron chi connectivity index (χ2n) is 7.16. The summed E-state index contributed by atoms with van der Waals surface area (Å²) in [5, 5.41) is 16.9. The van der Waals surface area contributed by atoms with Gasteiger partial charge in [0.05, 0.1) is 11.0 Å². The van der Waals surface area contributed by atoms with Crippen LogP contribution < -0.4 is 10.6 Å². The molecule has 156 valence electrons. The monoisotopic (exact) mass is 409 g/mol. The predicted molar refractivity (Wildman–Crippen MR) is 114 cm³/mol. The largest absolute Gasteiger partial charge is 0.350 e. The van der Waals surface area contributed by atoms with Crippen molar-refractivity contribution in [2.75, 3.05) is 26.0 Å². The minimum absolute atomic E-state index is 0.0960. The first kappa shape index (κ1) is 21.0. The topological polar surface area (TPSA) is 110 Å². The highest BCUT2D eigenvalue weighted by molar-refractivity contribution is 6.39. The van der Waals surface area contributed by atoms with Crippen molar-refractivity contribution in [2.24, 2.45) is 7.05 Å². The molecule has 9 nitrogen and oxygen atoms in total. The fourth-order valence-corrected chi connectivity index (χ4v) is 3.33. The molecule has 3 aromatic rings. The number of hydrogen-bond acceptors (Lipinski definition) is 5. The van der Waals surface area contributed by atoms with Crippen LogP contribution in [0.25, 0.3) is 10.9 Å². The van der Waals surface area contributed by atoms with Crippen molar-refractivity contribution >= 4 is 34.1 Å². The number of rotatable bonds is 6. The summed E-state index contributed by atoms with van der Waals surface area (Å²) >= 11 is 0. The maximum Gasteiger partial charge on any atom is 0.313 e. The summed E-state index contributed by atoms with van der Waals surface area (Å²) in [6.07, 6.45) is 2.03. The minimum atomic E-state index is -0.834. The van der Waals surface area contributed by atoms with Gasteiger partial charge in [0.15, 0.2) is 0 Å². The van der Waals surface area contributed by atoms with Gasteiger partial charge in [0.1, 0.15) is 0 Å². The third kappa shape index (κ3) is 4.47. The fourth-order valence-electron chi connectivity index (χ4n) is 3.33. The number of nitro groups is 1. The number of para-hydroxylation sites is 1. The number of aromatic nitrogens is 1. The number of fused-ring (bicyclic) bond motifs is 1. The highest BCUT2D eigenvalue weighted by atomic mass is 16.6. The van der Waals surface area contributed by atoms with Crippen LogP contribution in [-0.2, 0) is 16.6 Å². The average Bonchev–Trinajstić information content (AvgIpc) is 3.05. The molecule has 0 saturated carbocycles. The normalized spacial score (nSPS) is 12.0. The van der Waals surface area contributed by atoms with Crippen LogP contribution in [0, 0.1) is 10.1 Å². The molecule has 0 fully saturated rings. The molecule has 2 N–H and O–H groups in total. The van der Waals surface area contributed by atoms with Crippen molar-refractivity contribution in [3.05, 3.63) is 70.4 Å². The zero-order valence-electron chi connectivity index (χ0n) is 17.0. The molecule has 0 radical (unpaired) electrons. The molecule has 0 aliphatic heterocycles. The molecule has 1 aromatic heterocycles. The zero-order valence-corrected chi connectivity index (χ0v) is 17.0. The number of nitro benzene ring substituents is 1. The number of amides is 2. The number of aryl methyl sites for hydroxylation is 1. The Kier molecular flexibility index (Phi) is 6.12. The Morgan fingerprint density at radius 3 is 2.40 bits per heavy atom. The Balaban J connectivity index is 1.67. The lowest BCUT2D eigenvalue weighted by Gasteiger charge is -2.24. The Labute approximate surface area is 173 Å². The summed E-state index contributed by atoms with van der Waals surface area (Å²) in [7, 11) is 5.79. The molecule has 0 aliphatic rings. The smallest absolute Gasteiger partial charge is 0.313 e. The number of carbonyl (C=O) groups excluding carboxylic acids is 2. The van der Waals surface area contributed by atoms with Gasteiger partial charge in [-0.05, 0) is 37.9 Å². The maximum absolute atomic E-state index is 12.3. The van der Waals surface area contributed by atoms with E-state index < -0.39 is 16.7 Å². The van der Waals surface area contributed by atoms with Gasteiger partial charge in [-0.2, -0.15) is 0 Å². The first-order valence-corrected chi connectivity index (χ1v) is 9.32. The number of carbonyl (C=O) groups is 2. The van der Waals surface area contributed by atoms with E-state index in [2.05, 4.69) is 10.6 Å². The first-order chi connectivity index (χ1) is 14.3. The van der Waals surface area contributed by atoms with Crippen molar-refractivity contribution < 1.29 is 14.5 Å². The maximum atomic E-state index is 12.3. The van der Waals surface area contributed by atoms with Gasteiger partial charge in [0, 0.05) is 48.5 Å². The van der Waals surface area contributed by atoms with Gasteiger partial charge in [-0.1, -0.05) is 18.2 Å². The zero-order chi connectivity index (χ0) is 21.8. The van der Waals surface area contributed by atoms with Gasteiger partial charge in [-0.3, -0.25) is 19.7 Å².